The summed E-state index contributed by atoms with van der Waals surface area (Å²) in [6.45, 7) is 0.165. The molecule has 2 N–H and O–H groups in total. The molecule has 1 heterocycles. The van der Waals surface area contributed by atoms with E-state index in [4.69, 9.17) is 0 Å². The molecule has 3 amide bonds. The Kier molecular flexibility index (Phi) is 6.68. The van der Waals surface area contributed by atoms with Crippen molar-refractivity contribution in [3.05, 3.63) is 60.2 Å². The second-order valence-corrected chi connectivity index (χ2v) is 8.93. The Hall–Kier alpha value is -2.69. The van der Waals surface area contributed by atoms with Gasteiger partial charge < -0.3 is 5.32 Å². The molecule has 10 heteroatoms. The summed E-state index contributed by atoms with van der Waals surface area (Å²) in [7, 11) is -3.65. The van der Waals surface area contributed by atoms with Gasteiger partial charge in [-0.25, -0.2) is 13.1 Å². The topological polar surface area (TPSA) is 113 Å². The van der Waals surface area contributed by atoms with E-state index in [1.54, 1.807) is 42.5 Å². The van der Waals surface area contributed by atoms with Crippen LogP contribution < -0.4 is 10.0 Å². The van der Waals surface area contributed by atoms with Crippen molar-refractivity contribution in [2.45, 2.75) is 17.9 Å². The number of hydrogen-bond donors (Lipinski definition) is 2. The number of rotatable bonds is 8. The SMILES string of the molecule is O=C(CCNS(=O)(=O)c1ccccc1)Nc1ccc(CN2C(=O)CSC2=O)cc1. The van der Waals surface area contributed by atoms with Crippen LogP contribution in [0.1, 0.15) is 12.0 Å². The molecule has 3 rings (SSSR count). The first kappa shape index (κ1) is 21.0. The molecule has 2 aromatic rings. The molecule has 0 atom stereocenters. The van der Waals surface area contributed by atoms with E-state index in [2.05, 4.69) is 10.0 Å². The zero-order chi connectivity index (χ0) is 20.9. The number of imide groups is 1. The Morgan fingerprint density at radius 3 is 2.34 bits per heavy atom. The number of carbonyl (C=O) groups is 3. The van der Waals surface area contributed by atoms with Gasteiger partial charge in [0.25, 0.3) is 5.24 Å². The van der Waals surface area contributed by atoms with Crippen molar-refractivity contribution in [1.82, 2.24) is 9.62 Å². The van der Waals surface area contributed by atoms with Gasteiger partial charge in [-0.15, -0.1) is 0 Å². The average molecular weight is 434 g/mol. The lowest BCUT2D eigenvalue weighted by atomic mass is 10.2. The van der Waals surface area contributed by atoms with E-state index >= 15 is 0 Å². The lowest BCUT2D eigenvalue weighted by Crippen LogP contribution is -2.28. The molecule has 0 aromatic heterocycles. The first-order chi connectivity index (χ1) is 13.8. The highest BCUT2D eigenvalue weighted by atomic mass is 32.2. The van der Waals surface area contributed by atoms with Gasteiger partial charge in [-0.05, 0) is 29.8 Å². The van der Waals surface area contributed by atoms with Gasteiger partial charge in [-0.1, -0.05) is 42.1 Å². The van der Waals surface area contributed by atoms with Crippen molar-refractivity contribution in [1.29, 1.82) is 0 Å². The number of hydrogen-bond acceptors (Lipinski definition) is 6. The van der Waals surface area contributed by atoms with Crippen molar-refractivity contribution in [2.24, 2.45) is 0 Å². The van der Waals surface area contributed by atoms with E-state index in [1.807, 2.05) is 0 Å². The minimum Gasteiger partial charge on any atom is -0.326 e. The van der Waals surface area contributed by atoms with E-state index < -0.39 is 10.0 Å². The summed E-state index contributed by atoms with van der Waals surface area (Å²) in [5.74, 6) is -0.383. The predicted octanol–water partition coefficient (Wildman–Crippen LogP) is 2.19. The summed E-state index contributed by atoms with van der Waals surface area (Å²) in [5, 5.41) is 2.42. The highest BCUT2D eigenvalue weighted by Crippen LogP contribution is 2.21. The molecule has 0 spiro atoms. The Morgan fingerprint density at radius 1 is 1.03 bits per heavy atom. The molecule has 2 aromatic carbocycles. The number of carbonyl (C=O) groups excluding carboxylic acids is 3. The van der Waals surface area contributed by atoms with E-state index in [0.29, 0.717) is 5.69 Å². The third-order valence-electron chi connectivity index (χ3n) is 4.12. The number of nitrogens with zero attached hydrogens (tertiary/aromatic N) is 1. The normalized spacial score (nSPS) is 14.3. The first-order valence-corrected chi connectivity index (χ1v) is 11.2. The molecule has 0 saturated carbocycles. The summed E-state index contributed by atoms with van der Waals surface area (Å²) < 4.78 is 26.6. The minimum absolute atomic E-state index is 0.0260. The Labute approximate surface area is 172 Å². The Bertz CT molecular complexity index is 992. The van der Waals surface area contributed by atoms with Gasteiger partial charge in [-0.2, -0.15) is 0 Å². The Balaban J connectivity index is 1.47. The van der Waals surface area contributed by atoms with Gasteiger partial charge in [0.2, 0.25) is 21.8 Å². The van der Waals surface area contributed by atoms with E-state index in [9.17, 15) is 22.8 Å². The zero-order valence-electron chi connectivity index (χ0n) is 15.3. The molecule has 1 aliphatic rings. The molecular weight excluding hydrogens is 414 g/mol. The largest absolute Gasteiger partial charge is 0.326 e. The van der Waals surface area contributed by atoms with Crippen LogP contribution in [0.4, 0.5) is 10.5 Å². The molecule has 1 fully saturated rings. The smallest absolute Gasteiger partial charge is 0.289 e. The molecular formula is C19H19N3O5S2. The van der Waals surface area contributed by atoms with E-state index in [-0.39, 0.29) is 47.2 Å². The van der Waals surface area contributed by atoms with Gasteiger partial charge in [0.15, 0.2) is 0 Å². The van der Waals surface area contributed by atoms with Gasteiger partial charge in [-0.3, -0.25) is 19.3 Å². The molecule has 8 nitrogen and oxygen atoms in total. The van der Waals surface area contributed by atoms with Gasteiger partial charge in [0, 0.05) is 18.7 Å². The lowest BCUT2D eigenvalue weighted by Gasteiger charge is -2.13. The summed E-state index contributed by atoms with van der Waals surface area (Å²) in [6, 6.07) is 14.7. The van der Waals surface area contributed by atoms with Crippen molar-refractivity contribution in [3.8, 4) is 0 Å². The second kappa shape index (κ2) is 9.21. The first-order valence-electron chi connectivity index (χ1n) is 8.76. The number of nitrogens with one attached hydrogen (secondary N) is 2. The average Bonchev–Trinajstić information content (AvgIpc) is 3.02. The fraction of sp³-hybridized carbons (Fsp3) is 0.211. The van der Waals surface area contributed by atoms with Crippen LogP contribution in [0.25, 0.3) is 0 Å². The maximum absolute atomic E-state index is 12.1. The maximum Gasteiger partial charge on any atom is 0.289 e. The van der Waals surface area contributed by atoms with Crippen molar-refractivity contribution < 1.29 is 22.8 Å². The summed E-state index contributed by atoms with van der Waals surface area (Å²) >= 11 is 0.984. The van der Waals surface area contributed by atoms with Gasteiger partial charge in [0.05, 0.1) is 17.2 Å². The standard InChI is InChI=1S/C19H19N3O5S2/c23-17(10-11-20-29(26,27)16-4-2-1-3-5-16)21-15-8-6-14(7-9-15)12-22-18(24)13-28-19(22)25/h1-9,20H,10-13H2,(H,21,23). The van der Waals surface area contributed by atoms with Gasteiger partial charge >= 0.3 is 0 Å². The predicted molar refractivity (Wildman–Crippen MR) is 110 cm³/mol. The van der Waals surface area contributed by atoms with E-state index in [1.165, 1.54) is 17.0 Å². The minimum atomic E-state index is -3.65. The number of amides is 3. The molecule has 29 heavy (non-hydrogen) atoms. The van der Waals surface area contributed by atoms with Crippen LogP contribution in [-0.4, -0.2) is 42.7 Å². The third kappa shape index (κ3) is 5.66. The molecule has 1 saturated heterocycles. The summed E-state index contributed by atoms with van der Waals surface area (Å²) in [5.41, 5.74) is 1.31. The zero-order valence-corrected chi connectivity index (χ0v) is 17.0. The van der Waals surface area contributed by atoms with Crippen LogP contribution >= 0.6 is 11.8 Å². The maximum atomic E-state index is 12.1. The molecule has 0 unspecified atom stereocenters. The second-order valence-electron chi connectivity index (χ2n) is 6.24. The van der Waals surface area contributed by atoms with Gasteiger partial charge in [0.1, 0.15) is 0 Å². The number of anilines is 1. The number of thioether (sulfide) groups is 1. The number of sulfonamides is 1. The van der Waals surface area contributed by atoms with Crippen molar-refractivity contribution in [3.63, 3.8) is 0 Å². The molecule has 0 radical (unpaired) electrons. The summed E-state index contributed by atoms with van der Waals surface area (Å²) in [4.78, 5) is 36.6. The monoisotopic (exact) mass is 433 g/mol. The fourth-order valence-corrected chi connectivity index (χ4v) is 4.39. The van der Waals surface area contributed by atoms with Crippen LogP contribution in [0.15, 0.2) is 59.5 Å². The molecule has 1 aliphatic heterocycles. The summed E-state index contributed by atoms with van der Waals surface area (Å²) in [6.07, 6.45) is -0.0260. The highest BCUT2D eigenvalue weighted by molar-refractivity contribution is 8.14. The molecule has 0 bridgehead atoms. The van der Waals surface area contributed by atoms with Crippen molar-refractivity contribution in [2.75, 3.05) is 17.6 Å². The van der Waals surface area contributed by atoms with Crippen molar-refractivity contribution >= 4 is 44.5 Å². The Morgan fingerprint density at radius 2 is 1.72 bits per heavy atom. The van der Waals surface area contributed by atoms with E-state index in [0.717, 1.165) is 17.3 Å². The van der Waals surface area contributed by atoms with Crippen LogP contribution in [0.3, 0.4) is 0 Å². The quantitative estimate of drug-likeness (QED) is 0.660. The number of benzene rings is 2. The van der Waals surface area contributed by atoms with Crippen LogP contribution in [0, 0.1) is 0 Å². The van der Waals surface area contributed by atoms with Crippen LogP contribution in [0.2, 0.25) is 0 Å². The fourth-order valence-electron chi connectivity index (χ4n) is 2.62. The van der Waals surface area contributed by atoms with Crippen LogP contribution in [0.5, 0.6) is 0 Å². The highest BCUT2D eigenvalue weighted by Gasteiger charge is 2.29. The molecule has 0 aliphatic carbocycles. The lowest BCUT2D eigenvalue weighted by molar-refractivity contribution is -0.125. The third-order valence-corrected chi connectivity index (χ3v) is 6.45. The molecule has 152 valence electrons. The van der Waals surface area contributed by atoms with Crippen LogP contribution in [-0.2, 0) is 26.2 Å².